The van der Waals surface area contributed by atoms with E-state index < -0.39 is 0 Å². The second kappa shape index (κ2) is 3.26. The van der Waals surface area contributed by atoms with E-state index in [4.69, 9.17) is 5.26 Å². The molecule has 0 N–H and O–H groups in total. The SMILES string of the molecule is Cc1ncnn1-c1ccc(C#N)cn1. The van der Waals surface area contributed by atoms with Gasteiger partial charge in [0.25, 0.3) is 0 Å². The number of aromatic nitrogens is 4. The van der Waals surface area contributed by atoms with Crippen molar-refractivity contribution in [2.24, 2.45) is 0 Å². The highest BCUT2D eigenvalue weighted by Crippen LogP contribution is 2.05. The molecule has 0 aliphatic carbocycles. The fraction of sp³-hybridized carbons (Fsp3) is 0.111. The summed E-state index contributed by atoms with van der Waals surface area (Å²) < 4.78 is 1.61. The zero-order valence-electron chi connectivity index (χ0n) is 7.55. The van der Waals surface area contributed by atoms with Gasteiger partial charge in [0.1, 0.15) is 18.2 Å². The molecule has 0 aliphatic rings. The summed E-state index contributed by atoms with van der Waals surface area (Å²) in [6.07, 6.45) is 2.98. The first kappa shape index (κ1) is 8.38. The third-order valence-corrected chi connectivity index (χ3v) is 1.81. The van der Waals surface area contributed by atoms with Gasteiger partial charge in [0, 0.05) is 6.20 Å². The molecule has 0 radical (unpaired) electrons. The Bertz CT molecular complexity index is 477. The molecule has 0 aromatic carbocycles. The van der Waals surface area contributed by atoms with Gasteiger partial charge >= 0.3 is 0 Å². The second-order valence-electron chi connectivity index (χ2n) is 2.74. The maximum absolute atomic E-state index is 8.59. The van der Waals surface area contributed by atoms with E-state index in [2.05, 4.69) is 15.1 Å². The molecule has 0 unspecified atom stereocenters. The van der Waals surface area contributed by atoms with Gasteiger partial charge in [-0.05, 0) is 19.1 Å². The van der Waals surface area contributed by atoms with Crippen molar-refractivity contribution in [3.05, 3.63) is 36.0 Å². The standard InChI is InChI=1S/C9H7N5/c1-7-12-6-13-14(7)9-3-2-8(4-10)5-11-9/h2-3,5-6H,1H3. The van der Waals surface area contributed by atoms with Gasteiger partial charge < -0.3 is 0 Å². The molecule has 5 nitrogen and oxygen atoms in total. The topological polar surface area (TPSA) is 67.4 Å². The van der Waals surface area contributed by atoms with E-state index in [1.165, 1.54) is 12.5 Å². The molecule has 2 aromatic rings. The predicted molar refractivity (Wildman–Crippen MR) is 48.6 cm³/mol. The number of hydrogen-bond acceptors (Lipinski definition) is 4. The molecule has 0 saturated heterocycles. The van der Waals surface area contributed by atoms with Gasteiger partial charge in [-0.3, -0.25) is 0 Å². The van der Waals surface area contributed by atoms with Crippen LogP contribution in [-0.4, -0.2) is 19.7 Å². The maximum atomic E-state index is 8.59. The molecule has 2 heterocycles. The third kappa shape index (κ3) is 1.33. The number of nitrogens with zero attached hydrogens (tertiary/aromatic N) is 5. The Morgan fingerprint density at radius 2 is 2.21 bits per heavy atom. The van der Waals surface area contributed by atoms with E-state index in [-0.39, 0.29) is 0 Å². The monoisotopic (exact) mass is 185 g/mol. The van der Waals surface area contributed by atoms with Crippen LogP contribution in [0.25, 0.3) is 5.82 Å². The lowest BCUT2D eigenvalue weighted by molar-refractivity contribution is 0.811. The minimum atomic E-state index is 0.534. The van der Waals surface area contributed by atoms with E-state index in [1.54, 1.807) is 16.8 Å². The quantitative estimate of drug-likeness (QED) is 0.660. The van der Waals surface area contributed by atoms with Crippen molar-refractivity contribution in [3.8, 4) is 11.9 Å². The molecule has 0 saturated carbocycles. The van der Waals surface area contributed by atoms with E-state index in [1.807, 2.05) is 13.0 Å². The number of hydrogen-bond donors (Lipinski definition) is 0. The van der Waals surface area contributed by atoms with E-state index in [9.17, 15) is 0 Å². The van der Waals surface area contributed by atoms with Gasteiger partial charge in [0.15, 0.2) is 5.82 Å². The summed E-state index contributed by atoms with van der Waals surface area (Å²) in [7, 11) is 0. The van der Waals surface area contributed by atoms with Gasteiger partial charge in [0.2, 0.25) is 0 Å². The largest absolute Gasteiger partial charge is 0.236 e. The van der Waals surface area contributed by atoms with Crippen LogP contribution >= 0.6 is 0 Å². The number of nitriles is 1. The van der Waals surface area contributed by atoms with Crippen molar-refractivity contribution < 1.29 is 0 Å². The van der Waals surface area contributed by atoms with Crippen LogP contribution < -0.4 is 0 Å². The van der Waals surface area contributed by atoms with E-state index >= 15 is 0 Å². The molecule has 14 heavy (non-hydrogen) atoms. The number of aryl methyl sites for hydroxylation is 1. The minimum Gasteiger partial charge on any atom is -0.236 e. The first-order valence-corrected chi connectivity index (χ1v) is 4.04. The van der Waals surface area contributed by atoms with Gasteiger partial charge in [-0.15, -0.1) is 0 Å². The molecule has 68 valence electrons. The maximum Gasteiger partial charge on any atom is 0.155 e. The van der Waals surface area contributed by atoms with Gasteiger partial charge in [0.05, 0.1) is 5.56 Å². The van der Waals surface area contributed by atoms with Crippen LogP contribution in [0.3, 0.4) is 0 Å². The molecule has 2 rings (SSSR count). The Labute approximate surface area is 80.7 Å². The van der Waals surface area contributed by atoms with Crippen LogP contribution in [0, 0.1) is 18.3 Å². The van der Waals surface area contributed by atoms with Gasteiger partial charge in [-0.2, -0.15) is 15.0 Å². The predicted octanol–water partition coefficient (Wildman–Crippen LogP) is 0.842. The molecule has 0 amide bonds. The minimum absolute atomic E-state index is 0.534. The number of pyridine rings is 1. The lowest BCUT2D eigenvalue weighted by Crippen LogP contribution is -2.01. The Morgan fingerprint density at radius 3 is 2.71 bits per heavy atom. The normalized spacial score (nSPS) is 9.71. The zero-order valence-corrected chi connectivity index (χ0v) is 7.55. The third-order valence-electron chi connectivity index (χ3n) is 1.81. The average Bonchev–Trinajstić information content (AvgIpc) is 2.65. The molecular formula is C9H7N5. The second-order valence-corrected chi connectivity index (χ2v) is 2.74. The summed E-state index contributed by atoms with van der Waals surface area (Å²) in [5.74, 6) is 1.43. The molecule has 0 fully saturated rings. The van der Waals surface area contributed by atoms with Crippen LogP contribution in [0.4, 0.5) is 0 Å². The smallest absolute Gasteiger partial charge is 0.155 e. The summed E-state index contributed by atoms with van der Waals surface area (Å²) in [4.78, 5) is 8.07. The van der Waals surface area contributed by atoms with Crippen LogP contribution in [0.2, 0.25) is 0 Å². The Morgan fingerprint density at radius 1 is 1.36 bits per heavy atom. The molecule has 0 atom stereocenters. The summed E-state index contributed by atoms with van der Waals surface area (Å²) in [6, 6.07) is 5.44. The van der Waals surface area contributed by atoms with Crippen LogP contribution in [-0.2, 0) is 0 Å². The van der Waals surface area contributed by atoms with Crippen molar-refractivity contribution in [1.29, 1.82) is 5.26 Å². The average molecular weight is 185 g/mol. The zero-order chi connectivity index (χ0) is 9.97. The van der Waals surface area contributed by atoms with Crippen LogP contribution in [0.5, 0.6) is 0 Å². The Balaban J connectivity index is 2.45. The first-order valence-electron chi connectivity index (χ1n) is 4.04. The highest BCUT2D eigenvalue weighted by atomic mass is 15.4. The molecule has 0 bridgehead atoms. The van der Waals surface area contributed by atoms with Gasteiger partial charge in [-0.25, -0.2) is 9.97 Å². The highest BCUT2D eigenvalue weighted by molar-refractivity contribution is 5.31. The van der Waals surface area contributed by atoms with Crippen LogP contribution in [0.15, 0.2) is 24.7 Å². The molecule has 5 heteroatoms. The van der Waals surface area contributed by atoms with Crippen LogP contribution in [0.1, 0.15) is 11.4 Å². The molecule has 2 aromatic heterocycles. The summed E-state index contributed by atoms with van der Waals surface area (Å²) in [6.45, 7) is 1.84. The summed E-state index contributed by atoms with van der Waals surface area (Å²) >= 11 is 0. The van der Waals surface area contributed by atoms with Crippen molar-refractivity contribution >= 4 is 0 Å². The number of rotatable bonds is 1. The molecule has 0 aliphatic heterocycles. The van der Waals surface area contributed by atoms with Crippen molar-refractivity contribution in [1.82, 2.24) is 19.7 Å². The van der Waals surface area contributed by atoms with E-state index in [0.717, 1.165) is 5.82 Å². The molecule has 0 spiro atoms. The highest BCUT2D eigenvalue weighted by Gasteiger charge is 2.02. The Kier molecular flexibility index (Phi) is 1.95. The molecular weight excluding hydrogens is 178 g/mol. The van der Waals surface area contributed by atoms with E-state index in [0.29, 0.717) is 11.4 Å². The first-order chi connectivity index (χ1) is 6.81. The fourth-order valence-electron chi connectivity index (χ4n) is 1.10. The van der Waals surface area contributed by atoms with Crippen molar-refractivity contribution in [2.75, 3.05) is 0 Å². The Hall–Kier alpha value is -2.22. The lowest BCUT2D eigenvalue weighted by atomic mass is 10.3. The summed E-state index contributed by atoms with van der Waals surface area (Å²) in [5, 5.41) is 12.6. The lowest BCUT2D eigenvalue weighted by Gasteiger charge is -2.00. The van der Waals surface area contributed by atoms with Crippen molar-refractivity contribution in [2.45, 2.75) is 6.92 Å². The summed E-state index contributed by atoms with van der Waals surface area (Å²) in [5.41, 5.74) is 0.534. The van der Waals surface area contributed by atoms with Crippen molar-refractivity contribution in [3.63, 3.8) is 0 Å². The fourth-order valence-corrected chi connectivity index (χ4v) is 1.10. The van der Waals surface area contributed by atoms with Gasteiger partial charge in [-0.1, -0.05) is 0 Å².